The Morgan fingerprint density at radius 3 is 2.00 bits per heavy atom. The van der Waals surface area contributed by atoms with Crippen molar-refractivity contribution in [3.05, 3.63) is 25.6 Å². The van der Waals surface area contributed by atoms with E-state index >= 15 is 0 Å². The molecular formula is C6H2Br3NaO. The first-order chi connectivity index (χ1) is 4.63. The van der Waals surface area contributed by atoms with Crippen molar-refractivity contribution in [1.82, 2.24) is 0 Å². The van der Waals surface area contributed by atoms with Gasteiger partial charge in [-0.15, -0.1) is 0 Å². The Morgan fingerprint density at radius 1 is 1.00 bits per heavy atom. The molecule has 1 nitrogen and oxygen atoms in total. The zero-order valence-electron chi connectivity index (χ0n) is 5.70. The molecular weight excluding hydrogens is 351 g/mol. The van der Waals surface area contributed by atoms with Crippen LogP contribution in [0.5, 0.6) is 5.75 Å². The van der Waals surface area contributed by atoms with E-state index in [1.807, 2.05) is 0 Å². The maximum Gasteiger partial charge on any atom is 1.00 e. The molecule has 54 valence electrons. The zero-order valence-corrected chi connectivity index (χ0v) is 12.5. The molecule has 1 rings (SSSR count). The molecule has 0 unspecified atom stereocenters. The van der Waals surface area contributed by atoms with Crippen LogP contribution < -0.4 is 34.7 Å². The fourth-order valence-electron chi connectivity index (χ4n) is 0.508. The maximum absolute atomic E-state index is 10.9. The van der Waals surface area contributed by atoms with E-state index in [1.165, 1.54) is 6.07 Å². The van der Waals surface area contributed by atoms with Gasteiger partial charge in [-0.25, -0.2) is 0 Å². The molecule has 0 bridgehead atoms. The molecule has 0 aliphatic heterocycles. The molecule has 0 radical (unpaired) electrons. The maximum atomic E-state index is 10.9. The van der Waals surface area contributed by atoms with Crippen molar-refractivity contribution in [3.63, 3.8) is 0 Å². The van der Waals surface area contributed by atoms with Crippen LogP contribution in [0.4, 0.5) is 0 Å². The number of rotatable bonds is 0. The molecule has 11 heavy (non-hydrogen) atoms. The molecule has 0 aliphatic carbocycles. The second-order valence-corrected chi connectivity index (χ2v) is 4.11. The van der Waals surface area contributed by atoms with Crippen molar-refractivity contribution in [2.24, 2.45) is 0 Å². The van der Waals surface area contributed by atoms with E-state index in [1.54, 1.807) is 6.07 Å². The molecule has 0 aromatic heterocycles. The zero-order chi connectivity index (χ0) is 7.72. The molecule has 0 N–H and O–H groups in total. The summed E-state index contributed by atoms with van der Waals surface area (Å²) in [5, 5.41) is 10.9. The Kier molecular flexibility index (Phi) is 5.94. The van der Waals surface area contributed by atoms with E-state index < -0.39 is 0 Å². The normalized spacial score (nSPS) is 9.00. The van der Waals surface area contributed by atoms with Crippen LogP contribution in [-0.2, 0) is 0 Å². The first-order valence-corrected chi connectivity index (χ1v) is 4.81. The number of hydrogen-bond donors (Lipinski definition) is 0. The van der Waals surface area contributed by atoms with Crippen molar-refractivity contribution < 1.29 is 34.7 Å². The van der Waals surface area contributed by atoms with E-state index in [0.29, 0.717) is 4.47 Å². The fourth-order valence-corrected chi connectivity index (χ4v) is 1.78. The third-order valence-corrected chi connectivity index (χ3v) is 4.34. The quantitative estimate of drug-likeness (QED) is 0.478. The van der Waals surface area contributed by atoms with Crippen LogP contribution in [0.2, 0.25) is 0 Å². The SMILES string of the molecule is [Na+].[O-]c1ccc(Br)c(Br)c1Br. The Labute approximate surface area is 112 Å². The van der Waals surface area contributed by atoms with Gasteiger partial charge in [-0.05, 0) is 37.9 Å². The molecule has 0 saturated heterocycles. The van der Waals surface area contributed by atoms with Crippen LogP contribution >= 0.6 is 47.8 Å². The van der Waals surface area contributed by atoms with Gasteiger partial charge < -0.3 is 5.11 Å². The second kappa shape index (κ2) is 5.25. The van der Waals surface area contributed by atoms with Crippen molar-refractivity contribution >= 4 is 47.8 Å². The molecule has 1 aromatic carbocycles. The molecule has 0 amide bonds. The molecule has 1 aromatic rings. The summed E-state index contributed by atoms with van der Waals surface area (Å²) < 4.78 is 2.20. The fraction of sp³-hybridized carbons (Fsp3) is 0. The molecule has 0 atom stereocenters. The largest absolute Gasteiger partial charge is 1.00 e. The number of benzene rings is 1. The van der Waals surface area contributed by atoms with E-state index in [-0.39, 0.29) is 35.3 Å². The second-order valence-electron chi connectivity index (χ2n) is 1.67. The summed E-state index contributed by atoms with van der Waals surface area (Å²) in [7, 11) is 0. The Bertz CT molecular complexity index is 237. The van der Waals surface area contributed by atoms with Gasteiger partial charge in [0.25, 0.3) is 0 Å². The Hall–Kier alpha value is 1.46. The van der Waals surface area contributed by atoms with E-state index in [0.717, 1.165) is 8.95 Å². The average molecular weight is 353 g/mol. The van der Waals surface area contributed by atoms with Gasteiger partial charge in [0.15, 0.2) is 0 Å². The third-order valence-electron chi connectivity index (χ3n) is 1.000. The molecule has 0 saturated carbocycles. The molecule has 0 heterocycles. The predicted octanol–water partition coefficient (Wildman–Crippen LogP) is 0.0517. The Balaban J connectivity index is 0.000001000. The van der Waals surface area contributed by atoms with Gasteiger partial charge in [0, 0.05) is 13.4 Å². The average Bonchev–Trinajstić information content (AvgIpc) is 1.93. The van der Waals surface area contributed by atoms with Crippen LogP contribution in [0.3, 0.4) is 0 Å². The molecule has 0 spiro atoms. The summed E-state index contributed by atoms with van der Waals surface area (Å²) >= 11 is 9.64. The number of halogens is 3. The van der Waals surface area contributed by atoms with Crippen LogP contribution in [-0.4, -0.2) is 0 Å². The predicted molar refractivity (Wildman–Crippen MR) is 49.0 cm³/mol. The van der Waals surface area contributed by atoms with Gasteiger partial charge in [0.2, 0.25) is 0 Å². The summed E-state index contributed by atoms with van der Waals surface area (Å²) in [6.45, 7) is 0. The van der Waals surface area contributed by atoms with E-state index in [2.05, 4.69) is 47.8 Å². The first-order valence-electron chi connectivity index (χ1n) is 2.43. The topological polar surface area (TPSA) is 23.1 Å². The molecule has 0 fully saturated rings. The summed E-state index contributed by atoms with van der Waals surface area (Å²) in [4.78, 5) is 0. The minimum atomic E-state index is -0.0184. The van der Waals surface area contributed by atoms with Crippen molar-refractivity contribution in [3.8, 4) is 5.75 Å². The van der Waals surface area contributed by atoms with Gasteiger partial charge in [0.1, 0.15) is 0 Å². The van der Waals surface area contributed by atoms with Gasteiger partial charge in [-0.2, -0.15) is 0 Å². The van der Waals surface area contributed by atoms with Crippen molar-refractivity contribution in [1.29, 1.82) is 0 Å². The summed E-state index contributed by atoms with van der Waals surface area (Å²) in [5.41, 5.74) is 0. The van der Waals surface area contributed by atoms with Gasteiger partial charge in [-0.1, -0.05) is 27.7 Å². The minimum Gasteiger partial charge on any atom is -0.872 e. The first kappa shape index (κ1) is 12.5. The Morgan fingerprint density at radius 2 is 1.55 bits per heavy atom. The number of hydrogen-bond acceptors (Lipinski definition) is 1. The van der Waals surface area contributed by atoms with E-state index in [4.69, 9.17) is 0 Å². The van der Waals surface area contributed by atoms with E-state index in [9.17, 15) is 5.11 Å². The van der Waals surface area contributed by atoms with Gasteiger partial charge >= 0.3 is 29.6 Å². The van der Waals surface area contributed by atoms with Crippen LogP contribution in [0.25, 0.3) is 0 Å². The summed E-state index contributed by atoms with van der Waals surface area (Å²) in [6.07, 6.45) is 0. The summed E-state index contributed by atoms with van der Waals surface area (Å²) in [6, 6.07) is 3.20. The molecule has 5 heteroatoms. The minimum absolute atomic E-state index is 0. The standard InChI is InChI=1S/C6H3Br3O.Na/c7-3-1-2-4(10)6(9)5(3)8;/h1-2,10H;/q;+1/p-1. The van der Waals surface area contributed by atoms with Crippen LogP contribution in [0.1, 0.15) is 0 Å². The molecule has 0 aliphatic rings. The van der Waals surface area contributed by atoms with Gasteiger partial charge in [0.05, 0.1) is 0 Å². The monoisotopic (exact) mass is 350 g/mol. The van der Waals surface area contributed by atoms with Crippen molar-refractivity contribution in [2.75, 3.05) is 0 Å². The van der Waals surface area contributed by atoms with Crippen LogP contribution in [0.15, 0.2) is 25.6 Å². The van der Waals surface area contributed by atoms with Crippen molar-refractivity contribution in [2.45, 2.75) is 0 Å². The van der Waals surface area contributed by atoms with Gasteiger partial charge in [-0.3, -0.25) is 0 Å². The van der Waals surface area contributed by atoms with Crippen LogP contribution in [0, 0.1) is 0 Å². The smallest absolute Gasteiger partial charge is 0.872 e. The third kappa shape index (κ3) is 3.01. The summed E-state index contributed by atoms with van der Waals surface area (Å²) in [5.74, 6) is -0.0184.